The molecule has 384 valence electrons. The Morgan fingerprint density at radius 1 is 0.408 bits per heavy atom. The lowest BCUT2D eigenvalue weighted by Crippen LogP contribution is -2.61. The fourth-order valence-electron chi connectivity index (χ4n) is 15.7. The number of benzene rings is 7. The van der Waals surface area contributed by atoms with Crippen LogP contribution in [0.4, 0.5) is 34.1 Å². The van der Waals surface area contributed by atoms with Gasteiger partial charge >= 0.3 is 0 Å². The third kappa shape index (κ3) is 6.54. The van der Waals surface area contributed by atoms with Crippen molar-refractivity contribution < 1.29 is 4.42 Å². The van der Waals surface area contributed by atoms with Crippen LogP contribution in [0.2, 0.25) is 0 Å². The lowest BCUT2D eigenvalue weighted by atomic mass is 9.35. The van der Waals surface area contributed by atoms with Crippen LogP contribution in [0.1, 0.15) is 186 Å². The van der Waals surface area contributed by atoms with Crippen LogP contribution >= 0.6 is 0 Å². The van der Waals surface area contributed by atoms with Crippen molar-refractivity contribution in [2.24, 2.45) is 0 Å². The predicted molar refractivity (Wildman–Crippen MR) is 324 cm³/mol. The topological polar surface area (TPSA) is 19.6 Å². The molecule has 6 aliphatic rings. The molecule has 3 heterocycles. The zero-order valence-electron chi connectivity index (χ0n) is 48.2. The first-order chi connectivity index (χ1) is 35.8. The molecule has 0 fully saturated rings. The average molecular weight is 997 g/mol. The number of hydrogen-bond donors (Lipinski definition) is 0. The summed E-state index contributed by atoms with van der Waals surface area (Å²) in [6.45, 7) is 36.7. The monoisotopic (exact) mass is 997 g/mol. The van der Waals surface area contributed by atoms with Gasteiger partial charge in [-0.05, 0) is 210 Å². The Morgan fingerprint density at radius 3 is 1.53 bits per heavy atom. The van der Waals surface area contributed by atoms with Gasteiger partial charge in [-0.15, -0.1) is 0 Å². The zero-order valence-corrected chi connectivity index (χ0v) is 48.2. The second-order valence-electron chi connectivity index (χ2n) is 29.0. The highest BCUT2D eigenvalue weighted by atomic mass is 16.3. The molecule has 2 aliphatic heterocycles. The van der Waals surface area contributed by atoms with E-state index in [-0.39, 0.29) is 44.6 Å². The molecular weight excluding hydrogens is 920 g/mol. The molecular formula is C72H77BN2O. The number of hydrogen-bond acceptors (Lipinski definition) is 3. The van der Waals surface area contributed by atoms with E-state index in [2.05, 4.69) is 235 Å². The number of anilines is 6. The Morgan fingerprint density at radius 2 is 0.908 bits per heavy atom. The summed E-state index contributed by atoms with van der Waals surface area (Å²) in [7, 11) is 0. The van der Waals surface area contributed by atoms with Gasteiger partial charge in [-0.2, -0.15) is 0 Å². The van der Waals surface area contributed by atoms with Crippen molar-refractivity contribution in [1.29, 1.82) is 0 Å². The summed E-state index contributed by atoms with van der Waals surface area (Å²) in [6.07, 6.45) is 6.91. The van der Waals surface area contributed by atoms with E-state index in [1.54, 1.807) is 0 Å². The smallest absolute Gasteiger partial charge is 0.297 e. The van der Waals surface area contributed by atoms with E-state index < -0.39 is 0 Å². The van der Waals surface area contributed by atoms with Crippen molar-refractivity contribution in [1.82, 2.24) is 0 Å². The van der Waals surface area contributed by atoms with Gasteiger partial charge in [0.1, 0.15) is 5.58 Å². The fourth-order valence-corrected chi connectivity index (χ4v) is 15.7. The highest BCUT2D eigenvalue weighted by Gasteiger charge is 2.51. The molecule has 0 atom stereocenters. The summed E-state index contributed by atoms with van der Waals surface area (Å²) in [6, 6.07) is 48.4. The van der Waals surface area contributed by atoms with Gasteiger partial charge in [-0.3, -0.25) is 0 Å². The van der Waals surface area contributed by atoms with Gasteiger partial charge in [0.15, 0.2) is 0 Å². The largest absolute Gasteiger partial charge is 0.468 e. The third-order valence-corrected chi connectivity index (χ3v) is 20.9. The SMILES string of the molecule is Cc1cc2c3c(c1)N(c1ccc4c(c1)C(C)(C)c1ccccc1-4)c1c(oc4cc5c(cc14)C(C)(C)CCC5(C)C)B3c1cc3c(cc1N2c1cc2c(cc1-c1ccccc1)C(C)(C)CCC2(C)C)C(C)(C)CCC3(C)C. The van der Waals surface area contributed by atoms with Gasteiger partial charge in [0.2, 0.25) is 0 Å². The van der Waals surface area contributed by atoms with Crippen molar-refractivity contribution in [2.45, 2.75) is 180 Å². The number of aryl methyl sites for hydroxylation is 1. The molecule has 3 nitrogen and oxygen atoms in total. The maximum absolute atomic E-state index is 7.83. The summed E-state index contributed by atoms with van der Waals surface area (Å²) in [5.41, 5.74) is 30.1. The minimum Gasteiger partial charge on any atom is -0.468 e. The first-order valence-electron chi connectivity index (χ1n) is 28.8. The van der Waals surface area contributed by atoms with Crippen LogP contribution in [0.5, 0.6) is 0 Å². The van der Waals surface area contributed by atoms with Crippen LogP contribution in [0.15, 0.2) is 126 Å². The van der Waals surface area contributed by atoms with Gasteiger partial charge in [0.25, 0.3) is 6.71 Å². The number of nitrogens with zero attached hydrogens (tertiary/aromatic N) is 2. The van der Waals surface area contributed by atoms with Gasteiger partial charge in [0, 0.05) is 39.1 Å². The quantitative estimate of drug-likeness (QED) is 0.165. The normalized spacial score (nSPS) is 20.6. The maximum atomic E-state index is 7.83. The molecule has 14 rings (SSSR count). The lowest BCUT2D eigenvalue weighted by Gasteiger charge is -2.47. The fraction of sp³-hybridized carbons (Fsp3) is 0.389. The van der Waals surface area contributed by atoms with E-state index in [4.69, 9.17) is 4.42 Å². The van der Waals surface area contributed by atoms with Crippen molar-refractivity contribution in [2.75, 3.05) is 9.80 Å². The summed E-state index contributed by atoms with van der Waals surface area (Å²) < 4.78 is 7.83. The first-order valence-corrected chi connectivity index (χ1v) is 28.8. The van der Waals surface area contributed by atoms with Crippen LogP contribution in [-0.2, 0) is 37.9 Å². The molecule has 0 radical (unpaired) electrons. The number of furan rings is 1. The zero-order chi connectivity index (χ0) is 53.2. The van der Waals surface area contributed by atoms with Crippen LogP contribution in [0.25, 0.3) is 33.2 Å². The molecule has 0 N–H and O–H groups in total. The summed E-state index contributed by atoms with van der Waals surface area (Å²) in [5, 5.41) is 1.21. The standard InChI is InChI=1S/C72H77BN2O/c1-42-33-60-63-61(34-42)75(58-39-54-51(66(2,3)27-30-69(54,8)9)36-47(58)43-21-17-16-18-22-43)59-40-55-53(68(6,7)29-31-70(55,10)11)38-57(59)73(63)65-64(48-37-52-56(41-62(48)76-65)71(12,13)32-28-67(52,4)5)74(60)44-25-26-46-45-23-19-20-24-49(45)72(14,15)50(46)35-44/h16-26,33-41H,27-32H2,1-15H3. The minimum absolute atomic E-state index is 0.000148. The average Bonchev–Trinajstić information content (AvgIpc) is 4.00. The van der Waals surface area contributed by atoms with Gasteiger partial charge in [-0.1, -0.05) is 164 Å². The van der Waals surface area contributed by atoms with Gasteiger partial charge in [0.05, 0.1) is 17.0 Å². The van der Waals surface area contributed by atoms with E-state index >= 15 is 0 Å². The molecule has 7 aromatic carbocycles. The molecule has 4 aliphatic carbocycles. The number of rotatable bonds is 3. The second kappa shape index (κ2) is 15.3. The molecule has 0 spiro atoms. The van der Waals surface area contributed by atoms with E-state index in [0.29, 0.717) is 0 Å². The molecule has 0 amide bonds. The molecule has 0 unspecified atom stereocenters. The summed E-state index contributed by atoms with van der Waals surface area (Å²) >= 11 is 0. The Labute approximate surface area is 454 Å². The predicted octanol–water partition coefficient (Wildman–Crippen LogP) is 17.8. The van der Waals surface area contributed by atoms with Gasteiger partial charge < -0.3 is 14.2 Å². The molecule has 8 aromatic rings. The summed E-state index contributed by atoms with van der Waals surface area (Å²) in [5.74, 6) is 0. The van der Waals surface area contributed by atoms with Crippen LogP contribution in [-0.4, -0.2) is 6.71 Å². The Kier molecular flexibility index (Phi) is 9.67. The molecule has 76 heavy (non-hydrogen) atoms. The van der Waals surface area contributed by atoms with E-state index in [1.165, 1.54) is 123 Å². The molecule has 1 aromatic heterocycles. The second-order valence-corrected chi connectivity index (χ2v) is 29.0. The van der Waals surface area contributed by atoms with Gasteiger partial charge in [-0.25, -0.2) is 0 Å². The lowest BCUT2D eigenvalue weighted by molar-refractivity contribution is 0.332. The third-order valence-electron chi connectivity index (χ3n) is 20.9. The van der Waals surface area contributed by atoms with Crippen LogP contribution in [0, 0.1) is 6.92 Å². The Bertz CT molecular complexity index is 3840. The van der Waals surface area contributed by atoms with E-state index in [9.17, 15) is 0 Å². The van der Waals surface area contributed by atoms with Crippen LogP contribution < -0.4 is 26.4 Å². The maximum Gasteiger partial charge on any atom is 0.297 e. The number of fused-ring (bicyclic) bond motifs is 12. The van der Waals surface area contributed by atoms with Crippen molar-refractivity contribution >= 4 is 68.4 Å². The van der Waals surface area contributed by atoms with Crippen molar-refractivity contribution in [3.63, 3.8) is 0 Å². The highest BCUT2D eigenvalue weighted by Crippen LogP contribution is 2.58. The molecule has 4 heteroatoms. The Hall–Kier alpha value is -6.26. The van der Waals surface area contributed by atoms with Crippen molar-refractivity contribution in [3.8, 4) is 22.3 Å². The first kappa shape index (κ1) is 48.1. The van der Waals surface area contributed by atoms with E-state index in [1.807, 2.05) is 0 Å². The highest BCUT2D eigenvalue weighted by molar-refractivity contribution is 7.00. The minimum atomic E-state index is -0.166. The van der Waals surface area contributed by atoms with Crippen LogP contribution in [0.3, 0.4) is 0 Å². The molecule has 0 saturated heterocycles. The summed E-state index contributed by atoms with van der Waals surface area (Å²) in [4.78, 5) is 5.40. The van der Waals surface area contributed by atoms with Crippen molar-refractivity contribution in [3.05, 3.63) is 171 Å². The Balaban J connectivity index is 1.13. The molecule has 0 bridgehead atoms. The van der Waals surface area contributed by atoms with E-state index in [0.717, 1.165) is 49.8 Å². The molecule has 0 saturated carbocycles.